The monoisotopic (exact) mass is 496 g/mol. The molecule has 0 saturated carbocycles. The van der Waals surface area contributed by atoms with Gasteiger partial charge in [-0.1, -0.05) is 97.8 Å². The van der Waals surface area contributed by atoms with Crippen molar-refractivity contribution in [1.82, 2.24) is 0 Å². The average Bonchev–Trinajstić information content (AvgIpc) is 2.78. The summed E-state index contributed by atoms with van der Waals surface area (Å²) in [5, 5.41) is 0.184. The van der Waals surface area contributed by atoms with E-state index in [1.165, 1.54) is 77.0 Å². The van der Waals surface area contributed by atoms with Crippen molar-refractivity contribution in [2.45, 2.75) is 135 Å². The maximum Gasteiger partial charge on any atom is 0.452 e. The van der Waals surface area contributed by atoms with Gasteiger partial charge in [0.25, 0.3) is 0 Å². The van der Waals surface area contributed by atoms with Gasteiger partial charge in [-0.3, -0.25) is 4.89 Å². The van der Waals surface area contributed by atoms with Gasteiger partial charge in [-0.05, 0) is 31.9 Å². The molecule has 3 unspecified atom stereocenters. The second-order valence-corrected chi connectivity index (χ2v) is 11.6. The predicted octanol–water partition coefficient (Wildman–Crippen LogP) is 8.66. The van der Waals surface area contributed by atoms with Gasteiger partial charge in [-0.15, -0.1) is 0 Å². The number of rotatable bonds is 23. The van der Waals surface area contributed by atoms with Gasteiger partial charge in [0, 0.05) is 5.25 Å². The Labute approximate surface area is 201 Å². The van der Waals surface area contributed by atoms with E-state index in [-0.39, 0.29) is 18.0 Å². The maximum absolute atomic E-state index is 11.8. The molecule has 8 heteroatoms. The maximum atomic E-state index is 11.8. The molecule has 0 aliphatic rings. The molecule has 0 amide bonds. The highest BCUT2D eigenvalue weighted by Crippen LogP contribution is 2.44. The van der Waals surface area contributed by atoms with E-state index in [0.717, 1.165) is 18.6 Å². The van der Waals surface area contributed by atoms with E-state index in [1.807, 2.05) is 18.7 Å². The van der Waals surface area contributed by atoms with Crippen molar-refractivity contribution >= 4 is 25.1 Å². The van der Waals surface area contributed by atoms with Crippen molar-refractivity contribution in [3.8, 4) is 0 Å². The highest BCUT2D eigenvalue weighted by atomic mass is 32.2. The number of carbonyl (C=O) groups is 1. The number of hydrogen-bond acceptors (Lipinski definition) is 6. The zero-order chi connectivity index (χ0) is 24.1. The van der Waals surface area contributed by atoms with Crippen LogP contribution < -0.4 is 0 Å². The summed E-state index contributed by atoms with van der Waals surface area (Å²) >= 11 is 1.86. The summed E-state index contributed by atoms with van der Waals surface area (Å²) in [6, 6.07) is 0. The Morgan fingerprint density at radius 1 is 0.844 bits per heavy atom. The minimum absolute atomic E-state index is 0.0209. The minimum atomic E-state index is -4.46. The zero-order valence-corrected chi connectivity index (χ0v) is 22.7. The first-order valence-electron chi connectivity index (χ1n) is 12.9. The Bertz CT molecular complexity index is 491. The fourth-order valence-corrected chi connectivity index (χ4v) is 5.36. The largest absolute Gasteiger partial charge is 0.452 e. The van der Waals surface area contributed by atoms with E-state index in [0.29, 0.717) is 6.42 Å². The van der Waals surface area contributed by atoms with E-state index >= 15 is 0 Å². The SMILES string of the molecule is CCCCCCCCCCCSC(CCCCCC)C(C)OOC(=O)P(=O)(O)OCCC. The van der Waals surface area contributed by atoms with Crippen molar-refractivity contribution in [2.75, 3.05) is 12.4 Å². The molecule has 192 valence electrons. The van der Waals surface area contributed by atoms with Gasteiger partial charge < -0.3 is 9.42 Å². The molecule has 6 nitrogen and oxygen atoms in total. The number of unbranched alkanes of at least 4 members (excludes halogenated alkanes) is 11. The molecule has 0 fully saturated rings. The fraction of sp³-hybridized carbons (Fsp3) is 0.958. The second kappa shape index (κ2) is 21.5. The third kappa shape index (κ3) is 17.4. The Balaban J connectivity index is 4.30. The van der Waals surface area contributed by atoms with Crippen LogP contribution in [0.25, 0.3) is 0 Å². The lowest BCUT2D eigenvalue weighted by molar-refractivity contribution is -0.262. The molecule has 0 aliphatic carbocycles. The first kappa shape index (κ1) is 31.9. The van der Waals surface area contributed by atoms with E-state index in [9.17, 15) is 14.3 Å². The Morgan fingerprint density at radius 3 is 1.94 bits per heavy atom. The summed E-state index contributed by atoms with van der Waals surface area (Å²) in [6.45, 7) is 8.11. The van der Waals surface area contributed by atoms with Crippen molar-refractivity contribution < 1.29 is 28.6 Å². The summed E-state index contributed by atoms with van der Waals surface area (Å²) in [5.74, 6) is 1.05. The van der Waals surface area contributed by atoms with Gasteiger partial charge in [0.1, 0.15) is 6.10 Å². The lowest BCUT2D eigenvalue weighted by Gasteiger charge is -2.22. The summed E-state index contributed by atoms with van der Waals surface area (Å²) in [6.07, 6.45) is 17.6. The van der Waals surface area contributed by atoms with E-state index in [4.69, 9.17) is 9.41 Å². The summed E-state index contributed by atoms with van der Waals surface area (Å²) in [7, 11) is -4.46. The van der Waals surface area contributed by atoms with Gasteiger partial charge in [-0.2, -0.15) is 16.6 Å². The molecule has 0 aromatic carbocycles. The van der Waals surface area contributed by atoms with Crippen molar-refractivity contribution in [3.63, 3.8) is 0 Å². The van der Waals surface area contributed by atoms with Crippen molar-refractivity contribution in [3.05, 3.63) is 0 Å². The number of carbonyl (C=O) groups excluding carboxylic acids is 1. The molecular formula is C24H49O6PS. The second-order valence-electron chi connectivity index (χ2n) is 8.59. The van der Waals surface area contributed by atoms with Crippen LogP contribution in [-0.4, -0.2) is 34.3 Å². The summed E-state index contributed by atoms with van der Waals surface area (Å²) < 4.78 is 16.6. The molecule has 0 saturated heterocycles. The molecule has 0 spiro atoms. The highest BCUT2D eigenvalue weighted by molar-refractivity contribution is 7.99. The standard InChI is InChI=1S/C24H49O6PS/c1-5-8-10-12-13-14-15-16-18-21-32-23(19-17-11-9-6-2)22(4)29-30-24(25)31(26,27)28-20-7-3/h22-23H,5-21H2,1-4H3,(H,26,27). The lowest BCUT2D eigenvalue weighted by Crippen LogP contribution is -2.25. The molecule has 0 radical (unpaired) electrons. The third-order valence-corrected chi connectivity index (χ3v) is 8.06. The van der Waals surface area contributed by atoms with Crippen LogP contribution in [0.15, 0.2) is 0 Å². The van der Waals surface area contributed by atoms with E-state index in [1.54, 1.807) is 6.92 Å². The van der Waals surface area contributed by atoms with Crippen molar-refractivity contribution in [1.29, 1.82) is 0 Å². The fourth-order valence-electron chi connectivity index (χ4n) is 3.37. The van der Waals surface area contributed by atoms with Gasteiger partial charge in [0.05, 0.1) is 6.61 Å². The van der Waals surface area contributed by atoms with E-state index < -0.39 is 13.3 Å². The van der Waals surface area contributed by atoms with Gasteiger partial charge in [0.2, 0.25) is 0 Å². The smallest absolute Gasteiger partial charge is 0.316 e. The van der Waals surface area contributed by atoms with Gasteiger partial charge >= 0.3 is 13.3 Å². The zero-order valence-electron chi connectivity index (χ0n) is 21.0. The topological polar surface area (TPSA) is 82.1 Å². The first-order chi connectivity index (χ1) is 15.4. The number of hydrogen-bond donors (Lipinski definition) is 1. The van der Waals surface area contributed by atoms with Gasteiger partial charge in [-0.25, -0.2) is 9.36 Å². The van der Waals surface area contributed by atoms with E-state index in [2.05, 4.69) is 18.7 Å². The Kier molecular flexibility index (Phi) is 21.4. The van der Waals surface area contributed by atoms with Crippen LogP contribution in [0.4, 0.5) is 4.79 Å². The Hall–Kier alpha value is -0.0700. The van der Waals surface area contributed by atoms with Crippen LogP contribution in [0.5, 0.6) is 0 Å². The molecular weight excluding hydrogens is 447 g/mol. The summed E-state index contributed by atoms with van der Waals surface area (Å²) in [4.78, 5) is 31.4. The molecule has 0 aliphatic heterocycles. The summed E-state index contributed by atoms with van der Waals surface area (Å²) in [5.41, 5.74) is -1.34. The van der Waals surface area contributed by atoms with Crippen LogP contribution in [0.1, 0.15) is 124 Å². The molecule has 0 heterocycles. The first-order valence-corrected chi connectivity index (χ1v) is 15.5. The molecule has 0 bridgehead atoms. The van der Waals surface area contributed by atoms with Crippen LogP contribution in [0.3, 0.4) is 0 Å². The molecule has 3 atom stereocenters. The predicted molar refractivity (Wildman–Crippen MR) is 135 cm³/mol. The molecule has 0 aromatic rings. The van der Waals surface area contributed by atoms with Crippen LogP contribution in [0, 0.1) is 0 Å². The van der Waals surface area contributed by atoms with Gasteiger partial charge in [0.15, 0.2) is 0 Å². The van der Waals surface area contributed by atoms with Crippen LogP contribution in [-0.2, 0) is 18.9 Å². The minimum Gasteiger partial charge on any atom is -0.316 e. The molecule has 0 rings (SSSR count). The molecule has 1 N–H and O–H groups in total. The quantitative estimate of drug-likeness (QED) is 0.0655. The van der Waals surface area contributed by atoms with Crippen LogP contribution >= 0.6 is 19.4 Å². The number of thioether (sulfide) groups is 1. The normalized spacial score (nSPS) is 15.3. The average molecular weight is 497 g/mol. The third-order valence-electron chi connectivity index (χ3n) is 5.42. The highest BCUT2D eigenvalue weighted by Gasteiger charge is 2.35. The van der Waals surface area contributed by atoms with Crippen molar-refractivity contribution in [2.24, 2.45) is 0 Å². The van der Waals surface area contributed by atoms with Crippen LogP contribution in [0.2, 0.25) is 0 Å². The molecule has 0 aromatic heterocycles. The molecule has 32 heavy (non-hydrogen) atoms. The Morgan fingerprint density at radius 2 is 1.38 bits per heavy atom. The lowest BCUT2D eigenvalue weighted by atomic mass is 10.1.